The van der Waals surface area contributed by atoms with Gasteiger partial charge >= 0.3 is 0 Å². The Bertz CT molecular complexity index is 656. The first-order chi connectivity index (χ1) is 12.2. The second-order valence-electron chi connectivity index (χ2n) is 10.0. The van der Waals surface area contributed by atoms with Crippen LogP contribution in [0, 0.1) is 40.9 Å². The second-order valence-corrected chi connectivity index (χ2v) is 10.0. The lowest BCUT2D eigenvalue weighted by molar-refractivity contribution is -0.0443. The molecule has 0 aliphatic heterocycles. The van der Waals surface area contributed by atoms with Crippen molar-refractivity contribution >= 4 is 5.57 Å². The van der Waals surface area contributed by atoms with Crippen LogP contribution in [0.3, 0.4) is 0 Å². The van der Waals surface area contributed by atoms with E-state index in [0.29, 0.717) is 5.41 Å². The van der Waals surface area contributed by atoms with Crippen LogP contribution in [0.15, 0.2) is 36.4 Å². The van der Waals surface area contributed by atoms with Crippen LogP contribution in [-0.4, -0.2) is 0 Å². The quantitative estimate of drug-likeness (QED) is 0.520. The van der Waals surface area contributed by atoms with Crippen molar-refractivity contribution in [1.82, 2.24) is 0 Å². The van der Waals surface area contributed by atoms with Crippen LogP contribution in [0.4, 0.5) is 0 Å². The standard InChI is InChI=1S/C25H34/c1-17-8-10-20-19(16-17)9-11-22-21(20)14-15-25(2)23(12-13-24(22)25)18-6-4-3-5-7-18/h3-7,12,17,19-22,24H,8-11,13-16H2,1-2H3. The highest BCUT2D eigenvalue weighted by Crippen LogP contribution is 2.64. The van der Waals surface area contributed by atoms with E-state index < -0.39 is 0 Å². The third-order valence-electron chi connectivity index (χ3n) is 8.88. The average molecular weight is 335 g/mol. The van der Waals surface area contributed by atoms with Crippen molar-refractivity contribution in [3.8, 4) is 0 Å². The van der Waals surface area contributed by atoms with Gasteiger partial charge < -0.3 is 0 Å². The number of allylic oxidation sites excluding steroid dienone is 2. The Morgan fingerprint density at radius 1 is 0.880 bits per heavy atom. The fourth-order valence-corrected chi connectivity index (χ4v) is 7.72. The van der Waals surface area contributed by atoms with Crippen LogP contribution in [0.2, 0.25) is 0 Å². The number of fused-ring (bicyclic) bond motifs is 5. The summed E-state index contributed by atoms with van der Waals surface area (Å²) in [6.07, 6.45) is 14.5. The number of hydrogen-bond donors (Lipinski definition) is 0. The van der Waals surface area contributed by atoms with Crippen LogP contribution in [-0.2, 0) is 0 Å². The van der Waals surface area contributed by atoms with Crippen molar-refractivity contribution in [3.63, 3.8) is 0 Å². The lowest BCUT2D eigenvalue weighted by Gasteiger charge is -2.56. The topological polar surface area (TPSA) is 0 Å². The van der Waals surface area contributed by atoms with Gasteiger partial charge in [0, 0.05) is 0 Å². The third kappa shape index (κ3) is 2.47. The van der Waals surface area contributed by atoms with Crippen molar-refractivity contribution in [3.05, 3.63) is 42.0 Å². The van der Waals surface area contributed by atoms with Gasteiger partial charge in [-0.15, -0.1) is 0 Å². The molecule has 5 rings (SSSR count). The third-order valence-corrected chi connectivity index (χ3v) is 8.88. The molecule has 0 heterocycles. The summed E-state index contributed by atoms with van der Waals surface area (Å²) in [6.45, 7) is 5.10. The van der Waals surface area contributed by atoms with Gasteiger partial charge in [0.05, 0.1) is 0 Å². The molecule has 0 spiro atoms. The van der Waals surface area contributed by atoms with Crippen molar-refractivity contribution in [2.45, 2.75) is 65.2 Å². The molecule has 0 heteroatoms. The van der Waals surface area contributed by atoms with Crippen LogP contribution >= 0.6 is 0 Å². The van der Waals surface area contributed by atoms with Gasteiger partial charge in [-0.1, -0.05) is 56.7 Å². The van der Waals surface area contributed by atoms with Crippen molar-refractivity contribution < 1.29 is 0 Å². The zero-order valence-corrected chi connectivity index (χ0v) is 16.1. The normalized spacial score (nSPS) is 45.9. The summed E-state index contributed by atoms with van der Waals surface area (Å²) in [5.41, 5.74) is 3.61. The highest BCUT2D eigenvalue weighted by molar-refractivity contribution is 5.72. The molecule has 1 aromatic rings. The lowest BCUT2D eigenvalue weighted by atomic mass is 9.49. The van der Waals surface area contributed by atoms with Crippen LogP contribution in [0.5, 0.6) is 0 Å². The molecule has 134 valence electrons. The molecular formula is C25H34. The molecular weight excluding hydrogens is 300 g/mol. The Morgan fingerprint density at radius 3 is 2.52 bits per heavy atom. The van der Waals surface area contributed by atoms with E-state index in [1.54, 1.807) is 5.57 Å². The SMILES string of the molecule is CC1CCC2C(CCC3C2CCC2(C)C(c4ccccc4)=CCC32)C1. The van der Waals surface area contributed by atoms with E-state index in [9.17, 15) is 0 Å². The summed E-state index contributed by atoms with van der Waals surface area (Å²) in [4.78, 5) is 0. The van der Waals surface area contributed by atoms with Crippen molar-refractivity contribution in [2.75, 3.05) is 0 Å². The number of hydrogen-bond acceptors (Lipinski definition) is 0. The summed E-state index contributed by atoms with van der Waals surface area (Å²) in [7, 11) is 0. The average Bonchev–Trinajstić information content (AvgIpc) is 2.99. The zero-order chi connectivity index (χ0) is 17.0. The van der Waals surface area contributed by atoms with Crippen LogP contribution in [0.25, 0.3) is 5.57 Å². The summed E-state index contributed by atoms with van der Waals surface area (Å²) < 4.78 is 0. The van der Waals surface area contributed by atoms with Crippen LogP contribution < -0.4 is 0 Å². The maximum Gasteiger partial charge on any atom is -0.00385 e. The van der Waals surface area contributed by atoms with E-state index in [-0.39, 0.29) is 0 Å². The molecule has 0 nitrogen and oxygen atoms in total. The molecule has 3 fully saturated rings. The van der Waals surface area contributed by atoms with Gasteiger partial charge in [-0.3, -0.25) is 0 Å². The molecule has 4 aliphatic carbocycles. The van der Waals surface area contributed by atoms with Gasteiger partial charge in [0.25, 0.3) is 0 Å². The summed E-state index contributed by atoms with van der Waals surface area (Å²) >= 11 is 0. The molecule has 7 atom stereocenters. The van der Waals surface area contributed by atoms with Gasteiger partial charge in [-0.25, -0.2) is 0 Å². The lowest BCUT2D eigenvalue weighted by Crippen LogP contribution is -2.47. The maximum absolute atomic E-state index is 2.62. The van der Waals surface area contributed by atoms with E-state index in [4.69, 9.17) is 0 Å². The number of rotatable bonds is 1. The molecule has 7 unspecified atom stereocenters. The summed E-state index contributed by atoms with van der Waals surface area (Å²) in [6, 6.07) is 11.3. The molecule has 3 saturated carbocycles. The molecule has 0 radical (unpaired) electrons. The molecule has 0 bridgehead atoms. The van der Waals surface area contributed by atoms with Gasteiger partial charge in [0.1, 0.15) is 0 Å². The minimum atomic E-state index is 0.442. The summed E-state index contributed by atoms with van der Waals surface area (Å²) in [5.74, 6) is 6.10. The molecule has 0 saturated heterocycles. The van der Waals surface area contributed by atoms with E-state index in [1.165, 1.54) is 56.9 Å². The molecule has 0 aromatic heterocycles. The van der Waals surface area contributed by atoms with Crippen LogP contribution in [0.1, 0.15) is 70.8 Å². The minimum Gasteiger partial charge on any atom is -0.0798 e. The Labute approximate surface area is 154 Å². The molecule has 0 amide bonds. The highest BCUT2D eigenvalue weighted by atomic mass is 14.6. The van der Waals surface area contributed by atoms with Gasteiger partial charge in [0.15, 0.2) is 0 Å². The predicted molar refractivity (Wildman–Crippen MR) is 106 cm³/mol. The first-order valence-electron chi connectivity index (χ1n) is 10.9. The fourth-order valence-electron chi connectivity index (χ4n) is 7.72. The molecule has 0 N–H and O–H groups in total. The summed E-state index contributed by atoms with van der Waals surface area (Å²) in [5, 5.41) is 0. The largest absolute Gasteiger partial charge is 0.0798 e. The molecule has 1 aromatic carbocycles. The Kier molecular flexibility index (Phi) is 3.88. The van der Waals surface area contributed by atoms with E-state index >= 15 is 0 Å². The first kappa shape index (κ1) is 16.2. The highest BCUT2D eigenvalue weighted by Gasteiger charge is 2.54. The van der Waals surface area contributed by atoms with Gasteiger partial charge in [-0.05, 0) is 97.0 Å². The molecule has 4 aliphatic rings. The predicted octanol–water partition coefficient (Wildman–Crippen LogP) is 6.97. The van der Waals surface area contributed by atoms with Gasteiger partial charge in [0.2, 0.25) is 0 Å². The Morgan fingerprint density at radius 2 is 1.68 bits per heavy atom. The maximum atomic E-state index is 2.62. The van der Waals surface area contributed by atoms with Crippen molar-refractivity contribution in [1.29, 1.82) is 0 Å². The Hall–Kier alpha value is -1.04. The first-order valence-corrected chi connectivity index (χ1v) is 10.9. The van der Waals surface area contributed by atoms with Gasteiger partial charge in [-0.2, -0.15) is 0 Å². The van der Waals surface area contributed by atoms with E-state index in [0.717, 1.165) is 35.5 Å². The van der Waals surface area contributed by atoms with E-state index in [2.05, 4.69) is 50.3 Å². The van der Waals surface area contributed by atoms with Crippen molar-refractivity contribution in [2.24, 2.45) is 40.9 Å². The number of benzene rings is 1. The Balaban J connectivity index is 1.41. The second kappa shape index (κ2) is 6.00. The fraction of sp³-hybridized carbons (Fsp3) is 0.680. The zero-order valence-electron chi connectivity index (χ0n) is 16.1. The van der Waals surface area contributed by atoms with E-state index in [1.807, 2.05) is 0 Å². The monoisotopic (exact) mass is 334 g/mol. The smallest absolute Gasteiger partial charge is 0.00385 e. The minimum absolute atomic E-state index is 0.442. The molecule has 25 heavy (non-hydrogen) atoms.